The van der Waals surface area contributed by atoms with Gasteiger partial charge in [-0.3, -0.25) is 0 Å². The maximum Gasteiger partial charge on any atom is 0.261 e. The number of halogens is 2. The van der Waals surface area contributed by atoms with E-state index in [1.54, 1.807) is 0 Å². The van der Waals surface area contributed by atoms with Crippen LogP contribution in [0.5, 0.6) is 0 Å². The van der Waals surface area contributed by atoms with Gasteiger partial charge in [-0.05, 0) is 38.6 Å². The van der Waals surface area contributed by atoms with Crippen LogP contribution in [0.25, 0.3) is 0 Å². The monoisotopic (exact) mass is 251 g/mol. The molecule has 1 fully saturated rings. The number of ether oxygens (including phenoxy) is 1. The van der Waals surface area contributed by atoms with Crippen molar-refractivity contribution in [2.24, 2.45) is 0 Å². The lowest BCUT2D eigenvalue weighted by atomic mass is 9.80. The van der Waals surface area contributed by atoms with Crippen molar-refractivity contribution in [3.8, 4) is 0 Å². The third-order valence-electron chi connectivity index (χ3n) is 3.31. The highest BCUT2D eigenvalue weighted by molar-refractivity contribution is 4.93. The van der Waals surface area contributed by atoms with Crippen molar-refractivity contribution in [2.45, 2.75) is 57.1 Å². The number of aliphatic hydroxyl groups is 1. The van der Waals surface area contributed by atoms with Crippen molar-refractivity contribution < 1.29 is 18.6 Å². The zero-order valence-electron chi connectivity index (χ0n) is 10.4. The largest absolute Gasteiger partial charge is 0.394 e. The lowest BCUT2D eigenvalue weighted by molar-refractivity contribution is -0.0581. The molecule has 2 unspecified atom stereocenters. The molecule has 0 saturated heterocycles. The van der Waals surface area contributed by atoms with Crippen LogP contribution in [-0.2, 0) is 4.74 Å². The van der Waals surface area contributed by atoms with Crippen LogP contribution in [0, 0.1) is 0 Å². The molecule has 17 heavy (non-hydrogen) atoms. The van der Waals surface area contributed by atoms with Gasteiger partial charge in [0.15, 0.2) is 0 Å². The minimum Gasteiger partial charge on any atom is -0.394 e. The third kappa shape index (κ3) is 4.85. The van der Waals surface area contributed by atoms with Gasteiger partial charge >= 0.3 is 0 Å². The highest BCUT2D eigenvalue weighted by atomic mass is 19.3. The molecular weight excluding hydrogens is 228 g/mol. The first-order chi connectivity index (χ1) is 8.12. The summed E-state index contributed by atoms with van der Waals surface area (Å²) >= 11 is 0. The molecule has 1 saturated carbocycles. The predicted molar refractivity (Wildman–Crippen MR) is 62.3 cm³/mol. The highest BCUT2D eigenvalue weighted by Gasteiger charge is 2.35. The molecule has 2 atom stereocenters. The second kappa shape index (κ2) is 7.24. The maximum absolute atomic E-state index is 12.1. The summed E-state index contributed by atoms with van der Waals surface area (Å²) in [6.07, 6.45) is 1.64. The van der Waals surface area contributed by atoms with E-state index in [9.17, 15) is 13.9 Å². The Kier molecular flexibility index (Phi) is 6.30. The smallest absolute Gasteiger partial charge is 0.261 e. The van der Waals surface area contributed by atoms with E-state index in [2.05, 4.69) is 12.2 Å². The molecule has 0 aliphatic heterocycles. The molecule has 0 aromatic rings. The lowest BCUT2D eigenvalue weighted by Crippen LogP contribution is -2.53. The van der Waals surface area contributed by atoms with Gasteiger partial charge in [-0.15, -0.1) is 0 Å². The van der Waals surface area contributed by atoms with E-state index in [4.69, 9.17) is 4.74 Å². The molecule has 0 aromatic heterocycles. The van der Waals surface area contributed by atoms with Gasteiger partial charge in [0, 0.05) is 5.54 Å². The number of alkyl halides is 2. The zero-order valence-corrected chi connectivity index (χ0v) is 10.4. The minimum atomic E-state index is -2.41. The van der Waals surface area contributed by atoms with E-state index in [1.807, 2.05) is 0 Å². The Morgan fingerprint density at radius 1 is 1.53 bits per heavy atom. The molecule has 5 heteroatoms. The summed E-state index contributed by atoms with van der Waals surface area (Å²) < 4.78 is 29.3. The molecule has 102 valence electrons. The number of hydrogen-bond acceptors (Lipinski definition) is 3. The molecular formula is C12H23F2NO2. The summed E-state index contributed by atoms with van der Waals surface area (Å²) in [7, 11) is 0. The van der Waals surface area contributed by atoms with E-state index in [-0.39, 0.29) is 18.2 Å². The fourth-order valence-corrected chi connectivity index (χ4v) is 2.41. The molecule has 3 nitrogen and oxygen atoms in total. The van der Waals surface area contributed by atoms with Gasteiger partial charge in [-0.1, -0.05) is 6.92 Å². The molecule has 1 aliphatic carbocycles. The Hall–Kier alpha value is -0.260. The van der Waals surface area contributed by atoms with Crippen molar-refractivity contribution in [3.63, 3.8) is 0 Å². The van der Waals surface area contributed by atoms with Crippen molar-refractivity contribution in [3.05, 3.63) is 0 Å². The Morgan fingerprint density at radius 3 is 2.88 bits per heavy atom. The summed E-state index contributed by atoms with van der Waals surface area (Å²) in [5.41, 5.74) is -0.332. The maximum atomic E-state index is 12.1. The molecule has 1 aliphatic rings. The quantitative estimate of drug-likeness (QED) is 0.726. The second-order valence-electron chi connectivity index (χ2n) is 4.81. The van der Waals surface area contributed by atoms with Crippen molar-refractivity contribution in [2.75, 3.05) is 19.8 Å². The fourth-order valence-electron chi connectivity index (χ4n) is 2.41. The first-order valence-electron chi connectivity index (χ1n) is 6.37. The van der Waals surface area contributed by atoms with E-state index in [0.29, 0.717) is 6.42 Å². The third-order valence-corrected chi connectivity index (χ3v) is 3.31. The van der Waals surface area contributed by atoms with Crippen molar-refractivity contribution in [1.82, 2.24) is 5.32 Å². The van der Waals surface area contributed by atoms with E-state index < -0.39 is 13.0 Å². The Morgan fingerprint density at radius 2 is 2.29 bits per heavy atom. The summed E-state index contributed by atoms with van der Waals surface area (Å²) in [6.45, 7) is 2.44. The zero-order chi connectivity index (χ0) is 12.7. The van der Waals surface area contributed by atoms with Gasteiger partial charge < -0.3 is 15.2 Å². The minimum absolute atomic E-state index is 0.0432. The van der Waals surface area contributed by atoms with Crippen LogP contribution in [0.15, 0.2) is 0 Å². The molecule has 0 aromatic carbocycles. The topological polar surface area (TPSA) is 41.5 Å². The average Bonchev–Trinajstić information content (AvgIpc) is 2.34. The number of aliphatic hydroxyl groups excluding tert-OH is 1. The average molecular weight is 251 g/mol. The van der Waals surface area contributed by atoms with Gasteiger partial charge in [-0.2, -0.15) is 0 Å². The lowest BCUT2D eigenvalue weighted by Gasteiger charge is -2.40. The predicted octanol–water partition coefficient (Wildman–Crippen LogP) is 1.94. The summed E-state index contributed by atoms with van der Waals surface area (Å²) in [6, 6.07) is 0. The van der Waals surface area contributed by atoms with Crippen molar-refractivity contribution >= 4 is 0 Å². The van der Waals surface area contributed by atoms with Gasteiger partial charge in [0.05, 0.1) is 12.7 Å². The number of rotatable bonds is 7. The Balaban J connectivity index is 2.44. The van der Waals surface area contributed by atoms with Crippen LogP contribution in [0.1, 0.15) is 39.0 Å². The van der Waals surface area contributed by atoms with Crippen molar-refractivity contribution in [1.29, 1.82) is 0 Å². The fraction of sp³-hybridized carbons (Fsp3) is 1.00. The first kappa shape index (κ1) is 14.8. The Labute approximate surface area is 102 Å². The summed E-state index contributed by atoms with van der Waals surface area (Å²) in [5, 5.41) is 12.8. The molecule has 0 radical (unpaired) electrons. The van der Waals surface area contributed by atoms with Crippen LogP contribution < -0.4 is 5.32 Å². The first-order valence-corrected chi connectivity index (χ1v) is 6.37. The van der Waals surface area contributed by atoms with Crippen LogP contribution in [-0.4, -0.2) is 42.9 Å². The van der Waals surface area contributed by atoms with Gasteiger partial charge in [0.2, 0.25) is 0 Å². The molecule has 0 amide bonds. The van der Waals surface area contributed by atoms with Crippen LogP contribution >= 0.6 is 0 Å². The van der Waals surface area contributed by atoms with Gasteiger partial charge in [0.25, 0.3) is 6.43 Å². The summed E-state index contributed by atoms with van der Waals surface area (Å²) in [4.78, 5) is 0. The molecule has 1 rings (SSSR count). The second-order valence-corrected chi connectivity index (χ2v) is 4.81. The SMILES string of the molecule is CCCNC1(CO)CCCC(OCC(F)F)C1. The van der Waals surface area contributed by atoms with E-state index >= 15 is 0 Å². The summed E-state index contributed by atoms with van der Waals surface area (Å²) in [5.74, 6) is 0. The number of nitrogens with one attached hydrogen (secondary N) is 1. The molecule has 0 heterocycles. The molecule has 0 bridgehead atoms. The number of hydrogen-bond donors (Lipinski definition) is 2. The van der Waals surface area contributed by atoms with E-state index in [1.165, 1.54) is 0 Å². The highest BCUT2D eigenvalue weighted by Crippen LogP contribution is 2.30. The van der Waals surface area contributed by atoms with Gasteiger partial charge in [-0.25, -0.2) is 8.78 Å². The van der Waals surface area contributed by atoms with Crippen LogP contribution in [0.2, 0.25) is 0 Å². The standard InChI is InChI=1S/C12H23F2NO2/c1-2-6-15-12(9-16)5-3-4-10(7-12)17-8-11(13)14/h10-11,15-16H,2-9H2,1H3. The molecule has 0 spiro atoms. The van der Waals surface area contributed by atoms with Crippen LogP contribution in [0.4, 0.5) is 8.78 Å². The Bertz CT molecular complexity index is 217. The van der Waals surface area contributed by atoms with Gasteiger partial charge in [0.1, 0.15) is 6.61 Å². The van der Waals surface area contributed by atoms with Crippen LogP contribution in [0.3, 0.4) is 0 Å². The normalized spacial score (nSPS) is 29.8. The molecule has 2 N–H and O–H groups in total. The van der Waals surface area contributed by atoms with E-state index in [0.717, 1.165) is 32.2 Å².